The van der Waals surface area contributed by atoms with E-state index in [-0.39, 0.29) is 33.3 Å². The first kappa shape index (κ1) is 17.8. The molecule has 1 N–H and O–H groups in total. The van der Waals surface area contributed by atoms with Crippen LogP contribution in [0.1, 0.15) is 32.3 Å². The third kappa shape index (κ3) is 4.24. The molecule has 4 nitrogen and oxygen atoms in total. The molecule has 0 heterocycles. The molecule has 1 aliphatic carbocycles. The van der Waals surface area contributed by atoms with E-state index in [0.29, 0.717) is 0 Å². The number of esters is 1. The zero-order chi connectivity index (χ0) is 17.2. The number of carbonyl (C=O) groups is 1. The first-order valence-electron chi connectivity index (χ1n) is 7.08. The van der Waals surface area contributed by atoms with Gasteiger partial charge in [-0.1, -0.05) is 23.2 Å². The van der Waals surface area contributed by atoms with Crippen LogP contribution in [0.3, 0.4) is 0 Å². The van der Waals surface area contributed by atoms with Gasteiger partial charge in [-0.2, -0.15) is 0 Å². The van der Waals surface area contributed by atoms with Gasteiger partial charge in [0.2, 0.25) is 0 Å². The molecule has 23 heavy (non-hydrogen) atoms. The predicted octanol–water partition coefficient (Wildman–Crippen LogP) is 4.59. The van der Waals surface area contributed by atoms with Gasteiger partial charge >= 0.3 is 5.97 Å². The van der Waals surface area contributed by atoms with Crippen molar-refractivity contribution in [1.82, 2.24) is 0 Å². The Morgan fingerprint density at radius 2 is 2.09 bits per heavy atom. The quantitative estimate of drug-likeness (QED) is 0.275. The molecule has 124 valence electrons. The first-order chi connectivity index (χ1) is 10.8. The van der Waals surface area contributed by atoms with Crippen LogP contribution in [0, 0.1) is 5.82 Å². The van der Waals surface area contributed by atoms with Crippen molar-refractivity contribution in [3.05, 3.63) is 39.1 Å². The topological polar surface area (TPSA) is 58.9 Å². The van der Waals surface area contributed by atoms with Crippen LogP contribution in [0.15, 0.2) is 22.7 Å². The maximum Gasteiger partial charge on any atom is 0.343 e. The molecule has 0 unspecified atom stereocenters. The standard InChI is InChI=1S/C16H16Cl2FNO3/c1-3-23-15(22)10(8-20-16(2)4-5-16)14(21)9-6-13(19)12(18)7-11(9)17/h6-8,21H,3-5H2,1-2H3. The maximum absolute atomic E-state index is 13.6. The summed E-state index contributed by atoms with van der Waals surface area (Å²) in [6, 6.07) is 2.12. The van der Waals surface area contributed by atoms with Crippen LogP contribution >= 0.6 is 23.2 Å². The normalized spacial score (nSPS) is 17.1. The zero-order valence-corrected chi connectivity index (χ0v) is 14.2. The van der Waals surface area contributed by atoms with E-state index in [9.17, 15) is 14.3 Å². The van der Waals surface area contributed by atoms with Crippen molar-refractivity contribution in [2.45, 2.75) is 32.2 Å². The highest BCUT2D eigenvalue weighted by Crippen LogP contribution is 2.39. The van der Waals surface area contributed by atoms with E-state index in [1.54, 1.807) is 6.92 Å². The maximum atomic E-state index is 13.6. The van der Waals surface area contributed by atoms with E-state index in [0.717, 1.165) is 25.0 Å². The van der Waals surface area contributed by atoms with Crippen molar-refractivity contribution in [3.8, 4) is 0 Å². The van der Waals surface area contributed by atoms with E-state index in [1.165, 1.54) is 6.21 Å². The van der Waals surface area contributed by atoms with E-state index in [2.05, 4.69) is 4.99 Å². The van der Waals surface area contributed by atoms with Gasteiger partial charge in [-0.15, -0.1) is 0 Å². The fraction of sp³-hybridized carbons (Fsp3) is 0.375. The Labute approximate surface area is 143 Å². The Balaban J connectivity index is 2.50. The molecule has 1 aliphatic rings. The number of rotatable bonds is 5. The molecule has 0 aliphatic heterocycles. The van der Waals surface area contributed by atoms with Gasteiger partial charge in [-0.05, 0) is 38.8 Å². The SMILES string of the molecule is CCOC(=O)C(C=NC1(C)CC1)=C(O)c1cc(F)c(Cl)cc1Cl. The van der Waals surface area contributed by atoms with E-state index < -0.39 is 17.5 Å². The number of benzene rings is 1. The Hall–Kier alpha value is -1.59. The molecule has 0 saturated heterocycles. The minimum absolute atomic E-state index is 0.0155. The molecule has 1 fully saturated rings. The minimum atomic E-state index is -0.760. The summed E-state index contributed by atoms with van der Waals surface area (Å²) >= 11 is 11.6. The summed E-state index contributed by atoms with van der Waals surface area (Å²) in [4.78, 5) is 16.3. The second kappa shape index (κ2) is 6.89. The molecule has 0 aromatic heterocycles. The second-order valence-corrected chi connectivity index (χ2v) is 6.30. The largest absolute Gasteiger partial charge is 0.506 e. The van der Waals surface area contributed by atoms with Crippen molar-refractivity contribution in [3.63, 3.8) is 0 Å². The van der Waals surface area contributed by atoms with Crippen LogP contribution in [0.5, 0.6) is 0 Å². The molecule has 0 atom stereocenters. The highest BCUT2D eigenvalue weighted by atomic mass is 35.5. The van der Waals surface area contributed by atoms with E-state index >= 15 is 0 Å². The number of hydrogen-bond acceptors (Lipinski definition) is 4. The highest BCUT2D eigenvalue weighted by Gasteiger charge is 2.36. The third-order valence-electron chi connectivity index (χ3n) is 3.49. The van der Waals surface area contributed by atoms with Gasteiger partial charge in [0.25, 0.3) is 0 Å². The molecule has 7 heteroatoms. The second-order valence-electron chi connectivity index (χ2n) is 5.48. The van der Waals surface area contributed by atoms with Crippen molar-refractivity contribution < 1.29 is 19.0 Å². The lowest BCUT2D eigenvalue weighted by Crippen LogP contribution is -2.13. The van der Waals surface area contributed by atoms with Gasteiger partial charge in [-0.25, -0.2) is 9.18 Å². The molecule has 1 aromatic carbocycles. The lowest BCUT2D eigenvalue weighted by atomic mass is 10.1. The minimum Gasteiger partial charge on any atom is -0.506 e. The number of nitrogens with zero attached hydrogens (tertiary/aromatic N) is 1. The summed E-state index contributed by atoms with van der Waals surface area (Å²) < 4.78 is 18.6. The van der Waals surface area contributed by atoms with Gasteiger partial charge < -0.3 is 9.84 Å². The molecular weight excluding hydrogens is 344 g/mol. The fourth-order valence-corrected chi connectivity index (χ4v) is 2.27. The van der Waals surface area contributed by atoms with Crippen LogP contribution in [-0.2, 0) is 9.53 Å². The number of ether oxygens (including phenoxy) is 1. The van der Waals surface area contributed by atoms with Crippen LogP contribution in [0.2, 0.25) is 10.0 Å². The zero-order valence-electron chi connectivity index (χ0n) is 12.7. The van der Waals surface area contributed by atoms with Crippen molar-refractivity contribution in [2.75, 3.05) is 6.61 Å². The Morgan fingerprint density at radius 3 is 2.65 bits per heavy atom. The molecule has 0 radical (unpaired) electrons. The van der Waals surface area contributed by atoms with E-state index in [4.69, 9.17) is 27.9 Å². The van der Waals surface area contributed by atoms with Gasteiger partial charge in [0.15, 0.2) is 0 Å². The third-order valence-corrected chi connectivity index (χ3v) is 4.10. The van der Waals surface area contributed by atoms with Gasteiger partial charge in [-0.3, -0.25) is 4.99 Å². The van der Waals surface area contributed by atoms with Crippen molar-refractivity contribution in [2.24, 2.45) is 4.99 Å². The summed E-state index contributed by atoms with van der Waals surface area (Å²) in [7, 11) is 0. The number of carbonyl (C=O) groups excluding carboxylic acids is 1. The van der Waals surface area contributed by atoms with Crippen LogP contribution in [0.4, 0.5) is 4.39 Å². The Kier molecular flexibility index (Phi) is 5.32. The molecule has 0 amide bonds. The number of aliphatic imine (C=N–C) groups is 1. The molecule has 0 spiro atoms. The summed E-state index contributed by atoms with van der Waals surface area (Å²) in [5.74, 6) is -2.02. The van der Waals surface area contributed by atoms with Gasteiger partial charge in [0.1, 0.15) is 17.1 Å². The van der Waals surface area contributed by atoms with Crippen LogP contribution in [0.25, 0.3) is 5.76 Å². The van der Waals surface area contributed by atoms with Crippen LogP contribution in [-0.4, -0.2) is 29.4 Å². The smallest absolute Gasteiger partial charge is 0.343 e. The molecular formula is C16H16Cl2FNO3. The monoisotopic (exact) mass is 359 g/mol. The molecule has 1 aromatic rings. The highest BCUT2D eigenvalue weighted by molar-refractivity contribution is 6.36. The number of aliphatic hydroxyl groups is 1. The number of halogens is 3. The van der Waals surface area contributed by atoms with Crippen LogP contribution < -0.4 is 0 Å². The summed E-state index contributed by atoms with van der Waals surface area (Å²) in [6.07, 6.45) is 3.05. The first-order valence-corrected chi connectivity index (χ1v) is 7.83. The molecule has 2 rings (SSSR count). The predicted molar refractivity (Wildman–Crippen MR) is 88.7 cm³/mol. The van der Waals surface area contributed by atoms with E-state index in [1.807, 2.05) is 6.92 Å². The Morgan fingerprint density at radius 1 is 1.43 bits per heavy atom. The summed E-state index contributed by atoms with van der Waals surface area (Å²) in [6.45, 7) is 3.70. The Bertz CT molecular complexity index is 697. The van der Waals surface area contributed by atoms with Crippen molar-refractivity contribution >= 4 is 41.1 Å². The summed E-state index contributed by atoms with van der Waals surface area (Å²) in [5.41, 5.74) is -0.458. The van der Waals surface area contributed by atoms with Gasteiger partial charge in [0.05, 0.1) is 22.2 Å². The van der Waals surface area contributed by atoms with Crippen molar-refractivity contribution in [1.29, 1.82) is 0 Å². The lowest BCUT2D eigenvalue weighted by molar-refractivity contribution is -0.137. The molecule has 0 bridgehead atoms. The average molecular weight is 360 g/mol. The fourth-order valence-electron chi connectivity index (χ4n) is 1.80. The molecule has 1 saturated carbocycles. The number of hydrogen-bond donors (Lipinski definition) is 1. The average Bonchev–Trinajstić information content (AvgIpc) is 3.21. The number of aliphatic hydroxyl groups excluding tert-OH is 1. The lowest BCUT2D eigenvalue weighted by Gasteiger charge is -2.10. The summed E-state index contributed by atoms with van der Waals surface area (Å²) in [5, 5.41) is 10.2. The van der Waals surface area contributed by atoms with Gasteiger partial charge in [0, 0.05) is 11.8 Å².